The van der Waals surface area contributed by atoms with Crippen molar-refractivity contribution in [2.45, 2.75) is 20.3 Å². The Kier molecular flexibility index (Phi) is 7.14. The molecule has 0 unspecified atom stereocenters. The third-order valence-electron chi connectivity index (χ3n) is 3.76. The minimum atomic E-state index is -0.300. The Labute approximate surface area is 154 Å². The van der Waals surface area contributed by atoms with E-state index in [9.17, 15) is 9.59 Å². The fourth-order valence-corrected chi connectivity index (χ4v) is 2.33. The number of hydrogen-bond donors (Lipinski definition) is 2. The van der Waals surface area contributed by atoms with Crippen LogP contribution in [0.25, 0.3) is 0 Å². The minimum Gasteiger partial charge on any atom is -0.497 e. The summed E-state index contributed by atoms with van der Waals surface area (Å²) in [4.78, 5) is 28.4. The summed E-state index contributed by atoms with van der Waals surface area (Å²) in [5.74, 6) is 0.647. The summed E-state index contributed by atoms with van der Waals surface area (Å²) in [6.45, 7) is 5.10. The molecule has 2 N–H and O–H groups in total. The fraction of sp³-hybridized carbons (Fsp3) is 0.350. The number of nitrogens with zero attached hydrogens (tertiary/aromatic N) is 1. The van der Waals surface area contributed by atoms with Crippen molar-refractivity contribution in [2.75, 3.05) is 20.2 Å². The molecule has 6 nitrogen and oxygen atoms in total. The topological polar surface area (TPSA) is 80.3 Å². The first kappa shape index (κ1) is 19.4. The molecule has 26 heavy (non-hydrogen) atoms. The normalized spacial score (nSPS) is 10.5. The molecular formula is C20H25N3O3. The van der Waals surface area contributed by atoms with Gasteiger partial charge in [0.15, 0.2) is 0 Å². The average molecular weight is 355 g/mol. The van der Waals surface area contributed by atoms with Crippen molar-refractivity contribution in [2.24, 2.45) is 5.92 Å². The zero-order chi connectivity index (χ0) is 18.9. The van der Waals surface area contributed by atoms with Crippen molar-refractivity contribution in [3.63, 3.8) is 0 Å². The molecular weight excluding hydrogens is 330 g/mol. The quantitative estimate of drug-likeness (QED) is 0.762. The molecule has 1 heterocycles. The monoisotopic (exact) mass is 355 g/mol. The van der Waals surface area contributed by atoms with Gasteiger partial charge in [0, 0.05) is 24.8 Å². The van der Waals surface area contributed by atoms with Crippen molar-refractivity contribution in [3.05, 3.63) is 59.4 Å². The SMILES string of the molecule is COc1cccc(CCNC(=O)c2cc(C(=O)NCC(C)C)ccn2)c1. The van der Waals surface area contributed by atoms with E-state index in [-0.39, 0.29) is 17.5 Å². The molecule has 0 atom stereocenters. The molecule has 0 aliphatic carbocycles. The lowest BCUT2D eigenvalue weighted by Crippen LogP contribution is -2.29. The Bertz CT molecular complexity index is 759. The van der Waals surface area contributed by atoms with Crippen molar-refractivity contribution < 1.29 is 14.3 Å². The van der Waals surface area contributed by atoms with E-state index in [0.29, 0.717) is 31.0 Å². The van der Waals surface area contributed by atoms with Crippen LogP contribution in [0.4, 0.5) is 0 Å². The van der Waals surface area contributed by atoms with Gasteiger partial charge in [-0.3, -0.25) is 14.6 Å². The predicted octanol–water partition coefficient (Wildman–Crippen LogP) is 2.45. The Morgan fingerprint density at radius 3 is 2.65 bits per heavy atom. The van der Waals surface area contributed by atoms with Gasteiger partial charge in [-0.1, -0.05) is 26.0 Å². The first-order chi connectivity index (χ1) is 12.5. The number of methoxy groups -OCH3 is 1. The summed E-state index contributed by atoms with van der Waals surface area (Å²) in [5, 5.41) is 5.66. The van der Waals surface area contributed by atoms with Crippen molar-refractivity contribution in [1.82, 2.24) is 15.6 Å². The maximum absolute atomic E-state index is 12.3. The third-order valence-corrected chi connectivity index (χ3v) is 3.76. The van der Waals surface area contributed by atoms with Crippen molar-refractivity contribution >= 4 is 11.8 Å². The summed E-state index contributed by atoms with van der Waals surface area (Å²) in [7, 11) is 1.62. The summed E-state index contributed by atoms with van der Waals surface area (Å²) in [5.41, 5.74) is 1.73. The largest absolute Gasteiger partial charge is 0.497 e. The number of carbonyl (C=O) groups excluding carboxylic acids is 2. The van der Waals surface area contributed by atoms with Crippen LogP contribution in [0, 0.1) is 5.92 Å². The Balaban J connectivity index is 1.90. The van der Waals surface area contributed by atoms with E-state index in [2.05, 4.69) is 15.6 Å². The van der Waals surface area contributed by atoms with E-state index in [1.807, 2.05) is 38.1 Å². The highest BCUT2D eigenvalue weighted by atomic mass is 16.5. The highest BCUT2D eigenvalue weighted by molar-refractivity contribution is 5.98. The van der Waals surface area contributed by atoms with E-state index in [1.54, 1.807) is 13.2 Å². The maximum Gasteiger partial charge on any atom is 0.269 e. The number of ether oxygens (including phenoxy) is 1. The molecule has 0 saturated heterocycles. The molecule has 1 aromatic heterocycles. The van der Waals surface area contributed by atoms with Crippen LogP contribution in [0.1, 0.15) is 40.3 Å². The number of amides is 2. The minimum absolute atomic E-state index is 0.202. The first-order valence-corrected chi connectivity index (χ1v) is 8.65. The van der Waals surface area contributed by atoms with Crippen LogP contribution in [-0.2, 0) is 6.42 Å². The lowest BCUT2D eigenvalue weighted by molar-refractivity contribution is 0.0949. The number of nitrogens with one attached hydrogen (secondary N) is 2. The van der Waals surface area contributed by atoms with E-state index in [1.165, 1.54) is 12.3 Å². The second-order valence-electron chi connectivity index (χ2n) is 6.39. The van der Waals surface area contributed by atoms with E-state index in [0.717, 1.165) is 11.3 Å². The fourth-order valence-electron chi connectivity index (χ4n) is 2.33. The van der Waals surface area contributed by atoms with E-state index in [4.69, 9.17) is 4.74 Å². The van der Waals surface area contributed by atoms with Crippen LogP contribution in [0.2, 0.25) is 0 Å². The van der Waals surface area contributed by atoms with Gasteiger partial charge < -0.3 is 15.4 Å². The zero-order valence-corrected chi connectivity index (χ0v) is 15.4. The summed E-state index contributed by atoms with van der Waals surface area (Å²) < 4.78 is 5.19. The van der Waals surface area contributed by atoms with Crippen LogP contribution in [0.3, 0.4) is 0 Å². The molecule has 6 heteroatoms. The van der Waals surface area contributed by atoms with Gasteiger partial charge in [-0.25, -0.2) is 0 Å². The van der Waals surface area contributed by atoms with Crippen LogP contribution in [0.5, 0.6) is 5.75 Å². The molecule has 0 radical (unpaired) electrons. The molecule has 2 amide bonds. The van der Waals surface area contributed by atoms with Gasteiger partial charge in [0.1, 0.15) is 11.4 Å². The Morgan fingerprint density at radius 2 is 1.92 bits per heavy atom. The van der Waals surface area contributed by atoms with Gasteiger partial charge in [-0.15, -0.1) is 0 Å². The summed E-state index contributed by atoms with van der Waals surface area (Å²) in [6.07, 6.45) is 2.15. The van der Waals surface area contributed by atoms with Gasteiger partial charge in [0.2, 0.25) is 0 Å². The van der Waals surface area contributed by atoms with Crippen LogP contribution in [-0.4, -0.2) is 37.0 Å². The molecule has 0 saturated carbocycles. The predicted molar refractivity (Wildman–Crippen MR) is 100 cm³/mol. The van der Waals surface area contributed by atoms with Crippen LogP contribution in [0.15, 0.2) is 42.6 Å². The molecule has 2 rings (SSSR count). The van der Waals surface area contributed by atoms with E-state index >= 15 is 0 Å². The maximum atomic E-state index is 12.3. The number of aromatic nitrogens is 1. The first-order valence-electron chi connectivity index (χ1n) is 8.65. The lowest BCUT2D eigenvalue weighted by Gasteiger charge is -2.09. The highest BCUT2D eigenvalue weighted by Gasteiger charge is 2.12. The molecule has 0 fully saturated rings. The van der Waals surface area contributed by atoms with Gasteiger partial charge in [-0.05, 0) is 42.2 Å². The molecule has 0 spiro atoms. The molecule has 0 aliphatic rings. The number of carbonyl (C=O) groups is 2. The lowest BCUT2D eigenvalue weighted by atomic mass is 10.1. The van der Waals surface area contributed by atoms with Gasteiger partial charge in [0.25, 0.3) is 11.8 Å². The smallest absolute Gasteiger partial charge is 0.269 e. The van der Waals surface area contributed by atoms with Crippen molar-refractivity contribution in [1.29, 1.82) is 0 Å². The molecule has 1 aromatic carbocycles. The summed E-state index contributed by atoms with van der Waals surface area (Å²) in [6, 6.07) is 10.8. The number of rotatable bonds is 8. The standard InChI is InChI=1S/C20H25N3O3/c1-14(2)13-23-19(24)16-8-10-21-18(12-16)20(25)22-9-7-15-5-4-6-17(11-15)26-3/h4-6,8,10-12,14H,7,9,13H2,1-3H3,(H,22,25)(H,23,24). The second kappa shape index (κ2) is 9.56. The van der Waals surface area contributed by atoms with Crippen LogP contribution >= 0.6 is 0 Å². The highest BCUT2D eigenvalue weighted by Crippen LogP contribution is 2.12. The van der Waals surface area contributed by atoms with Gasteiger partial charge in [0.05, 0.1) is 7.11 Å². The van der Waals surface area contributed by atoms with Crippen LogP contribution < -0.4 is 15.4 Å². The van der Waals surface area contributed by atoms with Gasteiger partial charge >= 0.3 is 0 Å². The molecule has 0 aliphatic heterocycles. The third kappa shape index (κ3) is 5.88. The second-order valence-corrected chi connectivity index (χ2v) is 6.39. The number of pyridine rings is 1. The van der Waals surface area contributed by atoms with E-state index < -0.39 is 0 Å². The molecule has 138 valence electrons. The Morgan fingerprint density at radius 1 is 1.12 bits per heavy atom. The molecule has 2 aromatic rings. The number of hydrogen-bond acceptors (Lipinski definition) is 4. The van der Waals surface area contributed by atoms with Crippen molar-refractivity contribution in [3.8, 4) is 5.75 Å². The average Bonchev–Trinajstić information content (AvgIpc) is 2.66. The molecule has 0 bridgehead atoms. The zero-order valence-electron chi connectivity index (χ0n) is 15.4. The van der Waals surface area contributed by atoms with Gasteiger partial charge in [-0.2, -0.15) is 0 Å². The summed E-state index contributed by atoms with van der Waals surface area (Å²) >= 11 is 0. The number of benzene rings is 1. The Hall–Kier alpha value is -2.89.